The lowest BCUT2D eigenvalue weighted by Gasteiger charge is -2.13. The van der Waals surface area contributed by atoms with E-state index in [1.54, 1.807) is 12.1 Å². The van der Waals surface area contributed by atoms with E-state index in [0.717, 1.165) is 10.9 Å². The zero-order valence-corrected chi connectivity index (χ0v) is 13.4. The molecule has 2 aromatic carbocycles. The normalized spacial score (nSPS) is 12.3. The molecule has 4 N–H and O–H groups in total. The first-order valence-corrected chi connectivity index (χ1v) is 7.67. The van der Waals surface area contributed by atoms with Crippen LogP contribution in [0.4, 0.5) is 5.82 Å². The third kappa shape index (κ3) is 3.36. The van der Waals surface area contributed by atoms with Gasteiger partial charge in [0.2, 0.25) is 0 Å². The van der Waals surface area contributed by atoms with Crippen molar-refractivity contribution in [1.29, 1.82) is 0 Å². The van der Waals surface area contributed by atoms with Crippen molar-refractivity contribution in [3.8, 4) is 17.1 Å². The van der Waals surface area contributed by atoms with Crippen LogP contribution in [-0.2, 0) is 0 Å². The van der Waals surface area contributed by atoms with Crippen molar-refractivity contribution in [3.63, 3.8) is 0 Å². The number of nitrogens with two attached hydrogens (primary N) is 1. The second-order valence-corrected chi connectivity index (χ2v) is 5.87. The summed E-state index contributed by atoms with van der Waals surface area (Å²) in [4.78, 5) is 9.08. The Morgan fingerprint density at radius 1 is 1.22 bits per heavy atom. The van der Waals surface area contributed by atoms with E-state index in [4.69, 9.17) is 17.3 Å². The summed E-state index contributed by atoms with van der Waals surface area (Å²) in [5.74, 6) is 1.18. The number of benzene rings is 2. The number of aromatic hydroxyl groups is 1. The summed E-state index contributed by atoms with van der Waals surface area (Å²) in [5, 5.41) is 14.7. The van der Waals surface area contributed by atoms with Gasteiger partial charge in [-0.05, 0) is 37.3 Å². The fourth-order valence-electron chi connectivity index (χ4n) is 2.28. The SMILES string of the molecule is C[C@@H](N)CNc1nc(-c2cc(Cl)ccc2O)nc2ccccc12. The van der Waals surface area contributed by atoms with Crippen LogP contribution in [-0.4, -0.2) is 27.7 Å². The third-order valence-electron chi connectivity index (χ3n) is 3.39. The van der Waals surface area contributed by atoms with E-state index in [9.17, 15) is 5.11 Å². The maximum absolute atomic E-state index is 10.1. The summed E-state index contributed by atoms with van der Waals surface area (Å²) >= 11 is 6.03. The number of hydrogen-bond acceptors (Lipinski definition) is 5. The standard InChI is InChI=1S/C17H17ClN4O/c1-10(19)9-20-16-12-4-2-3-5-14(12)21-17(22-16)13-8-11(18)6-7-15(13)23/h2-8,10,23H,9,19H2,1H3,(H,20,21,22)/t10-/m1/s1. The molecule has 0 unspecified atom stereocenters. The van der Waals surface area contributed by atoms with Gasteiger partial charge in [0.15, 0.2) is 5.82 Å². The number of halogens is 1. The molecule has 3 rings (SSSR count). The van der Waals surface area contributed by atoms with E-state index in [1.165, 1.54) is 6.07 Å². The predicted octanol–water partition coefficient (Wildman–Crippen LogP) is 3.41. The Bertz CT molecular complexity index is 851. The quantitative estimate of drug-likeness (QED) is 0.683. The summed E-state index contributed by atoms with van der Waals surface area (Å²) in [6.45, 7) is 2.50. The van der Waals surface area contributed by atoms with Crippen LogP contribution in [0.2, 0.25) is 5.02 Å². The molecule has 1 heterocycles. The van der Waals surface area contributed by atoms with Gasteiger partial charge in [-0.15, -0.1) is 0 Å². The van der Waals surface area contributed by atoms with Gasteiger partial charge < -0.3 is 16.2 Å². The van der Waals surface area contributed by atoms with Gasteiger partial charge in [-0.1, -0.05) is 23.7 Å². The Labute approximate surface area is 139 Å². The van der Waals surface area contributed by atoms with Crippen molar-refractivity contribution in [1.82, 2.24) is 9.97 Å². The average molecular weight is 329 g/mol. The highest BCUT2D eigenvalue weighted by Gasteiger charge is 2.13. The van der Waals surface area contributed by atoms with Gasteiger partial charge in [-0.25, -0.2) is 9.97 Å². The fourth-order valence-corrected chi connectivity index (χ4v) is 2.45. The maximum atomic E-state index is 10.1. The second kappa shape index (κ2) is 6.40. The second-order valence-electron chi connectivity index (χ2n) is 5.43. The molecule has 23 heavy (non-hydrogen) atoms. The van der Waals surface area contributed by atoms with E-state index >= 15 is 0 Å². The fraction of sp³-hybridized carbons (Fsp3) is 0.176. The highest BCUT2D eigenvalue weighted by Crippen LogP contribution is 2.32. The predicted molar refractivity (Wildman–Crippen MR) is 93.8 cm³/mol. The molecule has 6 heteroatoms. The average Bonchev–Trinajstić information content (AvgIpc) is 2.54. The lowest BCUT2D eigenvalue weighted by molar-refractivity contribution is 0.477. The molecule has 0 saturated carbocycles. The number of phenols is 1. The zero-order valence-electron chi connectivity index (χ0n) is 12.6. The van der Waals surface area contributed by atoms with Crippen molar-refractivity contribution in [2.45, 2.75) is 13.0 Å². The molecule has 0 bridgehead atoms. The molecular weight excluding hydrogens is 312 g/mol. The van der Waals surface area contributed by atoms with Crippen molar-refractivity contribution in [2.24, 2.45) is 5.73 Å². The van der Waals surface area contributed by atoms with Crippen molar-refractivity contribution >= 4 is 28.3 Å². The summed E-state index contributed by atoms with van der Waals surface area (Å²) < 4.78 is 0. The highest BCUT2D eigenvalue weighted by atomic mass is 35.5. The van der Waals surface area contributed by atoms with Gasteiger partial charge in [-0.2, -0.15) is 0 Å². The lowest BCUT2D eigenvalue weighted by atomic mass is 10.1. The van der Waals surface area contributed by atoms with Crippen LogP contribution >= 0.6 is 11.6 Å². The van der Waals surface area contributed by atoms with Crippen LogP contribution in [0.1, 0.15) is 6.92 Å². The van der Waals surface area contributed by atoms with Gasteiger partial charge in [0.25, 0.3) is 0 Å². The van der Waals surface area contributed by atoms with E-state index in [0.29, 0.717) is 28.8 Å². The van der Waals surface area contributed by atoms with Gasteiger partial charge in [0.1, 0.15) is 11.6 Å². The summed E-state index contributed by atoms with van der Waals surface area (Å²) in [6.07, 6.45) is 0. The molecule has 0 aliphatic heterocycles. The number of hydrogen-bond donors (Lipinski definition) is 3. The molecule has 0 spiro atoms. The molecule has 0 radical (unpaired) electrons. The Morgan fingerprint density at radius 2 is 2.00 bits per heavy atom. The molecule has 0 aliphatic rings. The number of fused-ring (bicyclic) bond motifs is 1. The third-order valence-corrected chi connectivity index (χ3v) is 3.63. The molecule has 1 atom stereocenters. The van der Waals surface area contributed by atoms with Gasteiger partial charge in [0, 0.05) is 23.0 Å². The van der Waals surface area contributed by atoms with Crippen molar-refractivity contribution in [3.05, 3.63) is 47.5 Å². The highest BCUT2D eigenvalue weighted by molar-refractivity contribution is 6.30. The van der Waals surface area contributed by atoms with E-state index in [2.05, 4.69) is 15.3 Å². The number of rotatable bonds is 4. The Hall–Kier alpha value is -2.37. The van der Waals surface area contributed by atoms with E-state index in [-0.39, 0.29) is 11.8 Å². The van der Waals surface area contributed by atoms with Crippen LogP contribution in [0.3, 0.4) is 0 Å². The maximum Gasteiger partial charge on any atom is 0.165 e. The first kappa shape index (κ1) is 15.5. The molecule has 0 aliphatic carbocycles. The molecular formula is C17H17ClN4O. The van der Waals surface area contributed by atoms with Crippen molar-refractivity contribution in [2.75, 3.05) is 11.9 Å². The Kier molecular flexibility index (Phi) is 4.32. The smallest absolute Gasteiger partial charge is 0.165 e. The van der Waals surface area contributed by atoms with Crippen LogP contribution in [0.5, 0.6) is 5.75 Å². The Morgan fingerprint density at radius 3 is 2.78 bits per heavy atom. The number of aromatic nitrogens is 2. The molecule has 0 fully saturated rings. The molecule has 0 saturated heterocycles. The number of anilines is 1. The lowest BCUT2D eigenvalue weighted by Crippen LogP contribution is -2.25. The van der Waals surface area contributed by atoms with Crippen molar-refractivity contribution < 1.29 is 5.11 Å². The summed E-state index contributed by atoms with van der Waals surface area (Å²) in [5.41, 5.74) is 7.09. The molecule has 5 nitrogen and oxygen atoms in total. The summed E-state index contributed by atoms with van der Waals surface area (Å²) in [7, 11) is 0. The number of phenolic OH excluding ortho intramolecular Hbond substituents is 1. The first-order valence-electron chi connectivity index (χ1n) is 7.29. The van der Waals surface area contributed by atoms with E-state index in [1.807, 2.05) is 31.2 Å². The van der Waals surface area contributed by atoms with Crippen LogP contribution < -0.4 is 11.1 Å². The van der Waals surface area contributed by atoms with Crippen LogP contribution in [0.15, 0.2) is 42.5 Å². The van der Waals surface area contributed by atoms with Gasteiger partial charge >= 0.3 is 0 Å². The first-order chi connectivity index (χ1) is 11.0. The molecule has 118 valence electrons. The number of nitrogens with one attached hydrogen (secondary N) is 1. The Balaban J connectivity index is 2.16. The molecule has 0 amide bonds. The van der Waals surface area contributed by atoms with Crippen LogP contribution in [0, 0.1) is 0 Å². The minimum Gasteiger partial charge on any atom is -0.507 e. The van der Waals surface area contributed by atoms with Gasteiger partial charge in [0.05, 0.1) is 11.1 Å². The number of nitrogens with zero attached hydrogens (tertiary/aromatic N) is 2. The minimum atomic E-state index is -0.00764. The van der Waals surface area contributed by atoms with E-state index < -0.39 is 0 Å². The topological polar surface area (TPSA) is 84.1 Å². The summed E-state index contributed by atoms with van der Waals surface area (Å²) in [6, 6.07) is 12.5. The number of para-hydroxylation sites is 1. The zero-order chi connectivity index (χ0) is 16.4. The van der Waals surface area contributed by atoms with Gasteiger partial charge in [-0.3, -0.25) is 0 Å². The monoisotopic (exact) mass is 328 g/mol. The molecule has 1 aromatic heterocycles. The van der Waals surface area contributed by atoms with Crippen LogP contribution in [0.25, 0.3) is 22.3 Å². The largest absolute Gasteiger partial charge is 0.507 e. The minimum absolute atomic E-state index is 0.00764. The molecule has 3 aromatic rings.